The number of benzene rings is 2. The molecule has 0 spiro atoms. The standard InChI is InChI=1S/C24H27N3O3S2/c1-15(2)26-24(28)19-6-11-22(25-14-19)31-21-9-7-20(8-10-21)27-32(29,30)23-17(4)12-16(3)13-18(23)5/h6-15,27H,1-5H3,(H,26,28). The van der Waals surface area contributed by atoms with Gasteiger partial charge in [0.15, 0.2) is 0 Å². The van der Waals surface area contributed by atoms with Crippen LogP contribution in [0.4, 0.5) is 5.69 Å². The summed E-state index contributed by atoms with van der Waals surface area (Å²) in [5, 5.41) is 3.57. The van der Waals surface area contributed by atoms with Crippen LogP contribution in [0.2, 0.25) is 0 Å². The molecule has 8 heteroatoms. The second kappa shape index (κ2) is 9.75. The van der Waals surface area contributed by atoms with Crippen LogP contribution in [0.5, 0.6) is 0 Å². The van der Waals surface area contributed by atoms with Gasteiger partial charge in [0, 0.05) is 22.8 Å². The van der Waals surface area contributed by atoms with E-state index in [-0.39, 0.29) is 11.9 Å². The third-order valence-corrected chi connectivity index (χ3v) is 7.26. The highest BCUT2D eigenvalue weighted by Gasteiger charge is 2.20. The molecule has 1 amide bonds. The molecule has 32 heavy (non-hydrogen) atoms. The quantitative estimate of drug-likeness (QED) is 0.503. The van der Waals surface area contributed by atoms with Crippen LogP contribution < -0.4 is 10.0 Å². The van der Waals surface area contributed by atoms with Crippen molar-refractivity contribution in [3.8, 4) is 0 Å². The van der Waals surface area contributed by atoms with Crippen molar-refractivity contribution in [3.63, 3.8) is 0 Å². The summed E-state index contributed by atoms with van der Waals surface area (Å²) in [6.07, 6.45) is 1.55. The summed E-state index contributed by atoms with van der Waals surface area (Å²) in [5.41, 5.74) is 3.47. The van der Waals surface area contributed by atoms with Gasteiger partial charge in [-0.25, -0.2) is 13.4 Å². The third-order valence-electron chi connectivity index (χ3n) is 4.62. The number of aryl methyl sites for hydroxylation is 3. The number of pyridine rings is 1. The SMILES string of the molecule is Cc1cc(C)c(S(=O)(=O)Nc2ccc(Sc3ccc(C(=O)NC(C)C)cn3)cc2)c(C)c1. The predicted octanol–water partition coefficient (Wildman–Crippen LogP) is 5.10. The lowest BCUT2D eigenvalue weighted by atomic mass is 10.1. The van der Waals surface area contributed by atoms with E-state index in [9.17, 15) is 13.2 Å². The van der Waals surface area contributed by atoms with Crippen molar-refractivity contribution in [2.24, 2.45) is 0 Å². The molecule has 3 rings (SSSR count). The van der Waals surface area contributed by atoms with Gasteiger partial charge in [-0.1, -0.05) is 29.5 Å². The molecule has 0 radical (unpaired) electrons. The highest BCUT2D eigenvalue weighted by atomic mass is 32.2. The zero-order valence-corrected chi connectivity index (χ0v) is 20.4. The van der Waals surface area contributed by atoms with E-state index in [1.54, 1.807) is 44.3 Å². The Bertz CT molecular complexity index is 1200. The van der Waals surface area contributed by atoms with Gasteiger partial charge in [-0.3, -0.25) is 9.52 Å². The molecule has 0 aliphatic heterocycles. The fraction of sp³-hybridized carbons (Fsp3) is 0.250. The van der Waals surface area contributed by atoms with Crippen LogP contribution in [0.3, 0.4) is 0 Å². The molecule has 0 aliphatic carbocycles. The van der Waals surface area contributed by atoms with Crippen LogP contribution in [-0.4, -0.2) is 25.4 Å². The van der Waals surface area contributed by atoms with Crippen molar-refractivity contribution in [1.82, 2.24) is 10.3 Å². The number of aromatic nitrogens is 1. The number of rotatable bonds is 7. The Labute approximate surface area is 193 Å². The molecular weight excluding hydrogens is 442 g/mol. The Morgan fingerprint density at radius 2 is 1.59 bits per heavy atom. The molecule has 1 aromatic heterocycles. The highest BCUT2D eigenvalue weighted by molar-refractivity contribution is 7.99. The van der Waals surface area contributed by atoms with Gasteiger partial charge in [-0.05, 0) is 82.1 Å². The molecule has 0 saturated carbocycles. The van der Waals surface area contributed by atoms with Gasteiger partial charge in [-0.2, -0.15) is 0 Å². The van der Waals surface area contributed by atoms with E-state index >= 15 is 0 Å². The molecule has 2 N–H and O–H groups in total. The smallest absolute Gasteiger partial charge is 0.262 e. The molecular formula is C24H27N3O3S2. The third kappa shape index (κ3) is 5.89. The molecule has 2 aromatic carbocycles. The maximum atomic E-state index is 12.9. The summed E-state index contributed by atoms with van der Waals surface area (Å²) in [4.78, 5) is 17.6. The van der Waals surface area contributed by atoms with Gasteiger partial charge in [0.2, 0.25) is 0 Å². The van der Waals surface area contributed by atoms with Crippen molar-refractivity contribution >= 4 is 33.4 Å². The monoisotopic (exact) mass is 469 g/mol. The number of carbonyl (C=O) groups excluding carboxylic acids is 1. The molecule has 0 aliphatic rings. The van der Waals surface area contributed by atoms with Crippen LogP contribution in [0.1, 0.15) is 40.9 Å². The number of hydrogen-bond donors (Lipinski definition) is 2. The lowest BCUT2D eigenvalue weighted by molar-refractivity contribution is 0.0942. The van der Waals surface area contributed by atoms with Gasteiger partial charge in [-0.15, -0.1) is 0 Å². The van der Waals surface area contributed by atoms with Gasteiger partial charge < -0.3 is 5.32 Å². The molecule has 0 fully saturated rings. The molecule has 0 atom stereocenters. The Hall–Kier alpha value is -2.84. The summed E-state index contributed by atoms with van der Waals surface area (Å²) in [6.45, 7) is 9.37. The number of hydrogen-bond acceptors (Lipinski definition) is 5. The Morgan fingerprint density at radius 1 is 0.969 bits per heavy atom. The number of sulfonamides is 1. The van der Waals surface area contributed by atoms with Gasteiger partial charge in [0.1, 0.15) is 5.03 Å². The van der Waals surface area contributed by atoms with Gasteiger partial charge in [0.25, 0.3) is 15.9 Å². The fourth-order valence-corrected chi connectivity index (χ4v) is 5.70. The molecule has 0 saturated heterocycles. The van der Waals surface area contributed by atoms with Crippen LogP contribution in [0.25, 0.3) is 0 Å². The average molecular weight is 470 g/mol. The predicted molar refractivity (Wildman–Crippen MR) is 129 cm³/mol. The lowest BCUT2D eigenvalue weighted by Crippen LogP contribution is -2.30. The number of nitrogens with zero attached hydrogens (tertiary/aromatic N) is 1. The van der Waals surface area contributed by atoms with Crippen molar-refractivity contribution in [2.75, 3.05) is 4.72 Å². The Morgan fingerprint density at radius 3 is 2.12 bits per heavy atom. The first-order valence-electron chi connectivity index (χ1n) is 10.2. The molecule has 6 nitrogen and oxygen atoms in total. The normalized spacial score (nSPS) is 11.4. The molecule has 168 valence electrons. The molecule has 0 bridgehead atoms. The van der Waals surface area contributed by atoms with Crippen LogP contribution in [0.15, 0.2) is 69.5 Å². The highest BCUT2D eigenvalue weighted by Crippen LogP contribution is 2.29. The summed E-state index contributed by atoms with van der Waals surface area (Å²) in [5.74, 6) is -0.153. The Kier molecular flexibility index (Phi) is 7.26. The maximum Gasteiger partial charge on any atom is 0.262 e. The van der Waals surface area contributed by atoms with Crippen molar-refractivity contribution in [1.29, 1.82) is 0 Å². The summed E-state index contributed by atoms with van der Waals surface area (Å²) in [7, 11) is -3.69. The first-order valence-corrected chi connectivity index (χ1v) is 12.5. The van der Waals surface area contributed by atoms with E-state index in [2.05, 4.69) is 15.0 Å². The van der Waals surface area contributed by atoms with Crippen molar-refractivity contribution in [2.45, 2.75) is 55.5 Å². The number of nitrogens with one attached hydrogen (secondary N) is 2. The topological polar surface area (TPSA) is 88.2 Å². The Balaban J connectivity index is 1.70. The summed E-state index contributed by atoms with van der Waals surface area (Å²) >= 11 is 1.43. The fourth-order valence-electron chi connectivity index (χ4n) is 3.43. The van der Waals surface area contributed by atoms with Crippen LogP contribution >= 0.6 is 11.8 Å². The number of anilines is 1. The van der Waals surface area contributed by atoms with Crippen LogP contribution in [-0.2, 0) is 10.0 Å². The van der Waals surface area contributed by atoms with E-state index < -0.39 is 10.0 Å². The number of amides is 1. The number of carbonyl (C=O) groups is 1. The first-order chi connectivity index (χ1) is 15.0. The zero-order valence-electron chi connectivity index (χ0n) is 18.8. The molecule has 3 aromatic rings. The van der Waals surface area contributed by atoms with E-state index in [4.69, 9.17) is 0 Å². The molecule has 1 heterocycles. The van der Waals surface area contributed by atoms with E-state index in [0.29, 0.717) is 16.1 Å². The van der Waals surface area contributed by atoms with E-state index in [1.807, 2.05) is 45.0 Å². The second-order valence-corrected chi connectivity index (χ2v) is 10.7. The summed E-state index contributed by atoms with van der Waals surface area (Å²) < 4.78 is 28.5. The molecule has 0 unspecified atom stereocenters. The van der Waals surface area contributed by atoms with Crippen molar-refractivity contribution in [3.05, 3.63) is 77.0 Å². The minimum absolute atomic E-state index is 0.0614. The van der Waals surface area contributed by atoms with Crippen molar-refractivity contribution < 1.29 is 13.2 Å². The minimum Gasteiger partial charge on any atom is -0.350 e. The average Bonchev–Trinajstić information content (AvgIpc) is 2.68. The maximum absolute atomic E-state index is 12.9. The minimum atomic E-state index is -3.69. The zero-order chi connectivity index (χ0) is 23.5. The van der Waals surface area contributed by atoms with E-state index in [0.717, 1.165) is 26.6 Å². The first kappa shape index (κ1) is 23.8. The lowest BCUT2D eigenvalue weighted by Gasteiger charge is -2.14. The van der Waals surface area contributed by atoms with Gasteiger partial charge in [0.05, 0.1) is 10.5 Å². The second-order valence-electron chi connectivity index (χ2n) is 7.97. The van der Waals surface area contributed by atoms with Crippen LogP contribution in [0, 0.1) is 20.8 Å². The van der Waals surface area contributed by atoms with E-state index in [1.165, 1.54) is 11.8 Å². The largest absolute Gasteiger partial charge is 0.350 e. The summed E-state index contributed by atoms with van der Waals surface area (Å²) in [6, 6.07) is 14.4. The van der Waals surface area contributed by atoms with Gasteiger partial charge >= 0.3 is 0 Å².